The number of fused-ring (bicyclic) bond motifs is 1. The molecule has 3 aromatic rings. The molecule has 0 unspecified atom stereocenters. The summed E-state index contributed by atoms with van der Waals surface area (Å²) in [6, 6.07) is 5.37. The Bertz CT molecular complexity index is 1280. The highest BCUT2D eigenvalue weighted by molar-refractivity contribution is 8.00. The fourth-order valence-electron chi connectivity index (χ4n) is 3.89. The Balaban J connectivity index is 1.39. The molecule has 0 radical (unpaired) electrons. The van der Waals surface area contributed by atoms with Gasteiger partial charge in [0.25, 0.3) is 0 Å². The zero-order valence-corrected chi connectivity index (χ0v) is 21.0. The van der Waals surface area contributed by atoms with Crippen LogP contribution in [0.1, 0.15) is 21.6 Å². The number of hydrogen-bond donors (Lipinski definition) is 0. The van der Waals surface area contributed by atoms with Crippen LogP contribution in [0.25, 0.3) is 10.2 Å². The van der Waals surface area contributed by atoms with Gasteiger partial charge >= 0.3 is 0 Å². The lowest BCUT2D eigenvalue weighted by atomic mass is 10.2. The van der Waals surface area contributed by atoms with Crippen LogP contribution in [-0.4, -0.2) is 65.4 Å². The standard InChI is InChI=1S/C22H26N4O3S3/c1-14-5-6-18(15(2)11-14)32(28,29)26-9-7-25(8-10-26)19(27)12-30-21-20-16(3)17(4)31-22(20)24-13-23-21/h5-6,11,13H,7-10,12H2,1-4H3. The minimum absolute atomic E-state index is 0.00469. The van der Waals surface area contributed by atoms with E-state index in [9.17, 15) is 13.2 Å². The van der Waals surface area contributed by atoms with E-state index in [0.29, 0.717) is 31.1 Å². The molecule has 0 saturated carbocycles. The Labute approximate surface area is 196 Å². The van der Waals surface area contributed by atoms with E-state index in [1.807, 2.05) is 26.0 Å². The molecule has 32 heavy (non-hydrogen) atoms. The Morgan fingerprint density at radius 1 is 1.09 bits per heavy atom. The van der Waals surface area contributed by atoms with E-state index in [0.717, 1.165) is 31.9 Å². The monoisotopic (exact) mass is 490 g/mol. The molecule has 10 heteroatoms. The average molecular weight is 491 g/mol. The minimum Gasteiger partial charge on any atom is -0.339 e. The molecule has 0 N–H and O–H groups in total. The van der Waals surface area contributed by atoms with Gasteiger partial charge in [0.1, 0.15) is 16.2 Å². The Hall–Kier alpha value is -2.01. The molecular weight excluding hydrogens is 464 g/mol. The smallest absolute Gasteiger partial charge is 0.243 e. The third-order valence-electron chi connectivity index (χ3n) is 5.80. The van der Waals surface area contributed by atoms with Crippen molar-refractivity contribution in [2.24, 2.45) is 0 Å². The van der Waals surface area contributed by atoms with Crippen molar-refractivity contribution in [1.82, 2.24) is 19.2 Å². The van der Waals surface area contributed by atoms with Crippen molar-refractivity contribution in [2.45, 2.75) is 37.6 Å². The van der Waals surface area contributed by atoms with Crippen molar-refractivity contribution < 1.29 is 13.2 Å². The van der Waals surface area contributed by atoms with Gasteiger partial charge in [-0.3, -0.25) is 4.79 Å². The van der Waals surface area contributed by atoms with E-state index in [1.165, 1.54) is 20.9 Å². The SMILES string of the molecule is Cc1ccc(S(=O)(=O)N2CCN(C(=O)CSc3ncnc4sc(C)c(C)c34)CC2)c(C)c1. The number of rotatable bonds is 5. The topological polar surface area (TPSA) is 83.5 Å². The van der Waals surface area contributed by atoms with Crippen molar-refractivity contribution >= 4 is 49.2 Å². The van der Waals surface area contributed by atoms with E-state index in [1.54, 1.807) is 28.6 Å². The summed E-state index contributed by atoms with van der Waals surface area (Å²) >= 11 is 3.05. The number of sulfonamides is 1. The summed E-state index contributed by atoms with van der Waals surface area (Å²) in [6.07, 6.45) is 1.54. The van der Waals surface area contributed by atoms with E-state index in [2.05, 4.69) is 23.8 Å². The summed E-state index contributed by atoms with van der Waals surface area (Å²) in [5, 5.41) is 1.85. The van der Waals surface area contributed by atoms with Gasteiger partial charge in [-0.05, 0) is 44.9 Å². The van der Waals surface area contributed by atoms with Crippen LogP contribution in [0.2, 0.25) is 0 Å². The third kappa shape index (κ3) is 4.41. The highest BCUT2D eigenvalue weighted by Crippen LogP contribution is 2.34. The molecule has 0 aliphatic carbocycles. The normalized spacial score (nSPS) is 15.4. The number of aryl methyl sites for hydroxylation is 4. The fraction of sp³-hybridized carbons (Fsp3) is 0.409. The van der Waals surface area contributed by atoms with Crippen molar-refractivity contribution in [3.8, 4) is 0 Å². The molecule has 2 aromatic heterocycles. The van der Waals surface area contributed by atoms with Crippen molar-refractivity contribution in [2.75, 3.05) is 31.9 Å². The van der Waals surface area contributed by atoms with Gasteiger partial charge in [0, 0.05) is 36.4 Å². The maximum atomic E-state index is 13.1. The van der Waals surface area contributed by atoms with Crippen LogP contribution >= 0.6 is 23.1 Å². The van der Waals surface area contributed by atoms with E-state index >= 15 is 0 Å². The van der Waals surface area contributed by atoms with Gasteiger partial charge in [-0.2, -0.15) is 4.31 Å². The number of benzene rings is 1. The average Bonchev–Trinajstić information content (AvgIpc) is 3.06. The van der Waals surface area contributed by atoms with Crippen LogP contribution in [0.4, 0.5) is 0 Å². The van der Waals surface area contributed by atoms with Crippen molar-refractivity contribution in [3.05, 3.63) is 46.1 Å². The number of hydrogen-bond acceptors (Lipinski definition) is 7. The largest absolute Gasteiger partial charge is 0.339 e. The van der Waals surface area contributed by atoms with E-state index in [4.69, 9.17) is 0 Å². The predicted octanol–water partition coefficient (Wildman–Crippen LogP) is 3.55. The van der Waals surface area contributed by atoms with Gasteiger partial charge < -0.3 is 4.90 Å². The molecule has 1 saturated heterocycles. The lowest BCUT2D eigenvalue weighted by Crippen LogP contribution is -2.51. The Morgan fingerprint density at radius 2 is 1.81 bits per heavy atom. The fourth-order valence-corrected chi connectivity index (χ4v) is 7.53. The number of carbonyl (C=O) groups excluding carboxylic acids is 1. The molecule has 170 valence electrons. The predicted molar refractivity (Wildman–Crippen MR) is 129 cm³/mol. The first kappa shape index (κ1) is 23.2. The molecule has 7 nitrogen and oxygen atoms in total. The number of carbonyl (C=O) groups is 1. The van der Waals surface area contributed by atoms with E-state index < -0.39 is 10.0 Å². The highest BCUT2D eigenvalue weighted by Gasteiger charge is 2.31. The second kappa shape index (κ2) is 9.09. The van der Waals surface area contributed by atoms with Crippen LogP contribution in [0.3, 0.4) is 0 Å². The van der Waals surface area contributed by atoms with Crippen LogP contribution < -0.4 is 0 Å². The van der Waals surface area contributed by atoms with E-state index in [-0.39, 0.29) is 11.7 Å². The summed E-state index contributed by atoms with van der Waals surface area (Å²) in [5.41, 5.74) is 2.93. The number of nitrogens with zero attached hydrogens (tertiary/aromatic N) is 4. The molecule has 1 fully saturated rings. The molecule has 1 aromatic carbocycles. The summed E-state index contributed by atoms with van der Waals surface area (Å²) < 4.78 is 27.6. The molecule has 0 spiro atoms. The summed E-state index contributed by atoms with van der Waals surface area (Å²) in [6.45, 7) is 9.25. The van der Waals surface area contributed by atoms with Crippen molar-refractivity contribution in [3.63, 3.8) is 0 Å². The van der Waals surface area contributed by atoms with Gasteiger partial charge in [0.15, 0.2) is 0 Å². The zero-order valence-electron chi connectivity index (χ0n) is 18.6. The summed E-state index contributed by atoms with van der Waals surface area (Å²) in [7, 11) is -3.57. The van der Waals surface area contributed by atoms with Crippen molar-refractivity contribution in [1.29, 1.82) is 0 Å². The number of thioether (sulfide) groups is 1. The number of amides is 1. The van der Waals surface area contributed by atoms with Crippen LogP contribution in [0.15, 0.2) is 34.4 Å². The second-order valence-electron chi connectivity index (χ2n) is 7.98. The lowest BCUT2D eigenvalue weighted by molar-refractivity contribution is -0.129. The highest BCUT2D eigenvalue weighted by atomic mass is 32.2. The second-order valence-corrected chi connectivity index (χ2v) is 12.1. The Kier molecular flexibility index (Phi) is 6.58. The minimum atomic E-state index is -3.57. The lowest BCUT2D eigenvalue weighted by Gasteiger charge is -2.34. The number of aromatic nitrogens is 2. The Morgan fingerprint density at radius 3 is 2.50 bits per heavy atom. The van der Waals surface area contributed by atoms with Gasteiger partial charge in [-0.25, -0.2) is 18.4 Å². The first-order valence-electron chi connectivity index (χ1n) is 10.4. The zero-order chi connectivity index (χ0) is 23.0. The molecule has 0 bridgehead atoms. The number of thiophene rings is 1. The quantitative estimate of drug-likeness (QED) is 0.402. The van der Waals surface area contributed by atoms with Gasteiger partial charge in [0.05, 0.1) is 10.6 Å². The first-order valence-corrected chi connectivity index (χ1v) is 13.6. The third-order valence-corrected chi connectivity index (χ3v) is 9.95. The van der Waals surface area contributed by atoms with Gasteiger partial charge in [-0.1, -0.05) is 29.5 Å². The summed E-state index contributed by atoms with van der Waals surface area (Å²) in [5.74, 6) is 0.263. The number of piperazine rings is 1. The van der Waals surface area contributed by atoms with Crippen LogP contribution in [0, 0.1) is 27.7 Å². The van der Waals surface area contributed by atoms with Crippen LogP contribution in [-0.2, 0) is 14.8 Å². The first-order chi connectivity index (χ1) is 15.2. The molecule has 1 aliphatic heterocycles. The molecular formula is C22H26N4O3S3. The van der Waals surface area contributed by atoms with Crippen LogP contribution in [0.5, 0.6) is 0 Å². The molecule has 1 amide bonds. The summed E-state index contributed by atoms with van der Waals surface area (Å²) in [4.78, 5) is 25.8. The molecule has 1 aliphatic rings. The molecule has 3 heterocycles. The molecule has 4 rings (SSSR count). The maximum absolute atomic E-state index is 13.1. The maximum Gasteiger partial charge on any atom is 0.243 e. The molecule has 0 atom stereocenters. The van der Waals surface area contributed by atoms with Gasteiger partial charge in [-0.15, -0.1) is 11.3 Å². The van der Waals surface area contributed by atoms with Gasteiger partial charge in [0.2, 0.25) is 15.9 Å².